The summed E-state index contributed by atoms with van der Waals surface area (Å²) in [5.74, 6) is 0. The first-order valence-electron chi connectivity index (χ1n) is 8.55. The van der Waals surface area contributed by atoms with E-state index in [9.17, 15) is 0 Å². The molecule has 3 heterocycles. The number of nitrogens with one attached hydrogen (secondary N) is 1. The Morgan fingerprint density at radius 3 is 3.04 bits per heavy atom. The molecule has 124 valence electrons. The van der Waals surface area contributed by atoms with Crippen LogP contribution in [0.3, 0.4) is 0 Å². The van der Waals surface area contributed by atoms with E-state index < -0.39 is 0 Å². The lowest BCUT2D eigenvalue weighted by Gasteiger charge is -2.21. The van der Waals surface area contributed by atoms with Crippen molar-refractivity contribution in [2.45, 2.75) is 38.7 Å². The third kappa shape index (κ3) is 3.12. The average Bonchev–Trinajstić information content (AvgIpc) is 3.28. The summed E-state index contributed by atoms with van der Waals surface area (Å²) in [7, 11) is 0. The Kier molecular flexibility index (Phi) is 4.17. The van der Waals surface area contributed by atoms with Gasteiger partial charge in [0.2, 0.25) is 0 Å². The summed E-state index contributed by atoms with van der Waals surface area (Å²) in [4.78, 5) is 4.14. The second-order valence-corrected chi connectivity index (χ2v) is 6.44. The molecular formula is C19H22N4O. The summed E-state index contributed by atoms with van der Waals surface area (Å²) in [5, 5.41) is 7.67. The highest BCUT2D eigenvalue weighted by molar-refractivity contribution is 5.64. The zero-order valence-electron chi connectivity index (χ0n) is 13.9. The van der Waals surface area contributed by atoms with Crippen molar-refractivity contribution in [2.24, 2.45) is 0 Å². The van der Waals surface area contributed by atoms with Crippen LogP contribution in [0.25, 0.3) is 16.9 Å². The second kappa shape index (κ2) is 6.61. The molecule has 1 unspecified atom stereocenters. The highest BCUT2D eigenvalue weighted by Gasteiger charge is 2.16. The van der Waals surface area contributed by atoms with Gasteiger partial charge >= 0.3 is 0 Å². The maximum Gasteiger partial charge on any atom is 0.0991 e. The molecule has 1 atom stereocenters. The van der Waals surface area contributed by atoms with E-state index in [0.29, 0.717) is 6.10 Å². The van der Waals surface area contributed by atoms with Crippen LogP contribution < -0.4 is 0 Å². The largest absolute Gasteiger partial charge is 0.378 e. The first kappa shape index (κ1) is 15.1. The van der Waals surface area contributed by atoms with Gasteiger partial charge in [-0.05, 0) is 43.9 Å². The Bertz CT molecular complexity index is 801. The lowest BCUT2D eigenvalue weighted by Crippen LogP contribution is -2.21. The van der Waals surface area contributed by atoms with Crippen LogP contribution in [0.15, 0.2) is 43.0 Å². The predicted octanol–water partition coefficient (Wildman–Crippen LogP) is 3.68. The molecule has 1 aliphatic heterocycles. The molecule has 1 aliphatic rings. The van der Waals surface area contributed by atoms with Crippen LogP contribution in [0.2, 0.25) is 0 Å². The summed E-state index contributed by atoms with van der Waals surface area (Å²) in [5.41, 5.74) is 5.56. The number of H-pyrrole nitrogens is 1. The SMILES string of the molecule is Cc1ccc(-c2cc(CC3CCCCO3)[nH]n2)cc1-n1ccnc1. The molecule has 1 fully saturated rings. The van der Waals surface area contributed by atoms with Crippen molar-refractivity contribution >= 4 is 0 Å². The fourth-order valence-electron chi connectivity index (χ4n) is 3.28. The van der Waals surface area contributed by atoms with E-state index in [4.69, 9.17) is 4.74 Å². The molecule has 2 aromatic heterocycles. The number of hydrogen-bond acceptors (Lipinski definition) is 3. The smallest absolute Gasteiger partial charge is 0.0991 e. The van der Waals surface area contributed by atoms with Gasteiger partial charge in [-0.3, -0.25) is 5.10 Å². The molecule has 5 heteroatoms. The van der Waals surface area contributed by atoms with Crippen LogP contribution in [0, 0.1) is 6.92 Å². The van der Waals surface area contributed by atoms with Crippen molar-refractivity contribution in [3.05, 3.63) is 54.2 Å². The summed E-state index contributed by atoms with van der Waals surface area (Å²) in [6.45, 7) is 2.99. The third-order valence-electron chi connectivity index (χ3n) is 4.64. The van der Waals surface area contributed by atoms with Gasteiger partial charge in [-0.25, -0.2) is 4.98 Å². The number of rotatable bonds is 4. The van der Waals surface area contributed by atoms with Crippen molar-refractivity contribution < 1.29 is 4.74 Å². The molecule has 3 aromatic rings. The molecule has 0 spiro atoms. The van der Waals surface area contributed by atoms with Gasteiger partial charge < -0.3 is 9.30 Å². The van der Waals surface area contributed by atoms with E-state index in [1.165, 1.54) is 18.4 Å². The molecule has 1 N–H and O–H groups in total. The summed E-state index contributed by atoms with van der Waals surface area (Å²) in [6, 6.07) is 8.55. The number of nitrogens with zero attached hydrogens (tertiary/aromatic N) is 3. The normalized spacial score (nSPS) is 18.0. The molecule has 1 saturated heterocycles. The minimum atomic E-state index is 0.326. The van der Waals surface area contributed by atoms with Gasteiger partial charge in [0, 0.05) is 36.7 Å². The molecule has 0 radical (unpaired) electrons. The first-order valence-corrected chi connectivity index (χ1v) is 8.55. The van der Waals surface area contributed by atoms with E-state index in [1.54, 1.807) is 6.20 Å². The minimum absolute atomic E-state index is 0.326. The highest BCUT2D eigenvalue weighted by atomic mass is 16.5. The van der Waals surface area contributed by atoms with Crippen molar-refractivity contribution in [1.82, 2.24) is 19.7 Å². The number of aromatic nitrogens is 4. The molecule has 24 heavy (non-hydrogen) atoms. The van der Waals surface area contributed by atoms with Crippen LogP contribution in [-0.2, 0) is 11.2 Å². The molecular weight excluding hydrogens is 300 g/mol. The molecule has 1 aromatic carbocycles. The molecule has 0 saturated carbocycles. The lowest BCUT2D eigenvalue weighted by atomic mass is 10.0. The van der Waals surface area contributed by atoms with E-state index in [2.05, 4.69) is 46.4 Å². The number of benzene rings is 1. The quantitative estimate of drug-likeness (QED) is 0.797. The predicted molar refractivity (Wildman–Crippen MR) is 93.2 cm³/mol. The number of aryl methyl sites for hydroxylation is 1. The Morgan fingerprint density at radius 1 is 1.29 bits per heavy atom. The maximum absolute atomic E-state index is 5.82. The molecule has 0 amide bonds. The molecule has 4 rings (SSSR count). The van der Waals surface area contributed by atoms with E-state index in [1.807, 2.05) is 17.1 Å². The lowest BCUT2D eigenvalue weighted by molar-refractivity contribution is 0.0162. The van der Waals surface area contributed by atoms with Crippen LogP contribution in [0.5, 0.6) is 0 Å². The van der Waals surface area contributed by atoms with Gasteiger partial charge in [-0.2, -0.15) is 5.10 Å². The standard InChI is InChI=1S/C19H22N4O/c1-14-5-6-15(10-19(14)23-8-7-20-13-23)18-12-16(21-22-18)11-17-4-2-3-9-24-17/h5-8,10,12-13,17H,2-4,9,11H2,1H3,(H,21,22). The van der Waals surface area contributed by atoms with Crippen molar-refractivity contribution in [2.75, 3.05) is 6.61 Å². The van der Waals surface area contributed by atoms with Gasteiger partial charge in [0.1, 0.15) is 0 Å². The first-order chi connectivity index (χ1) is 11.8. The van der Waals surface area contributed by atoms with Crippen LogP contribution in [0.4, 0.5) is 0 Å². The zero-order chi connectivity index (χ0) is 16.4. The van der Waals surface area contributed by atoms with Gasteiger partial charge in [-0.1, -0.05) is 12.1 Å². The Hall–Kier alpha value is -2.40. The highest BCUT2D eigenvalue weighted by Crippen LogP contribution is 2.25. The van der Waals surface area contributed by atoms with Crippen LogP contribution >= 0.6 is 0 Å². The minimum Gasteiger partial charge on any atom is -0.378 e. The molecule has 0 bridgehead atoms. The number of imidazole rings is 1. The Labute approximate surface area is 141 Å². The van der Waals surface area contributed by atoms with Crippen molar-refractivity contribution in [1.29, 1.82) is 0 Å². The fourth-order valence-corrected chi connectivity index (χ4v) is 3.28. The van der Waals surface area contributed by atoms with Crippen LogP contribution in [0.1, 0.15) is 30.5 Å². The van der Waals surface area contributed by atoms with E-state index >= 15 is 0 Å². The summed E-state index contributed by atoms with van der Waals surface area (Å²) >= 11 is 0. The van der Waals surface area contributed by atoms with E-state index in [-0.39, 0.29) is 0 Å². The van der Waals surface area contributed by atoms with Crippen LogP contribution in [-0.4, -0.2) is 32.5 Å². The van der Waals surface area contributed by atoms with Gasteiger partial charge in [-0.15, -0.1) is 0 Å². The second-order valence-electron chi connectivity index (χ2n) is 6.44. The monoisotopic (exact) mass is 322 g/mol. The van der Waals surface area contributed by atoms with Gasteiger partial charge in [0.15, 0.2) is 0 Å². The summed E-state index contributed by atoms with van der Waals surface area (Å²) < 4.78 is 7.85. The van der Waals surface area contributed by atoms with Gasteiger partial charge in [0.05, 0.1) is 23.8 Å². The van der Waals surface area contributed by atoms with Crippen molar-refractivity contribution in [3.63, 3.8) is 0 Å². The fraction of sp³-hybridized carbons (Fsp3) is 0.368. The molecule has 5 nitrogen and oxygen atoms in total. The Morgan fingerprint density at radius 2 is 2.25 bits per heavy atom. The third-order valence-corrected chi connectivity index (χ3v) is 4.64. The molecule has 0 aliphatic carbocycles. The zero-order valence-corrected chi connectivity index (χ0v) is 13.9. The topological polar surface area (TPSA) is 55.7 Å². The van der Waals surface area contributed by atoms with Crippen molar-refractivity contribution in [3.8, 4) is 16.9 Å². The number of hydrogen-bond donors (Lipinski definition) is 1. The number of aromatic amines is 1. The number of ether oxygens (including phenoxy) is 1. The maximum atomic E-state index is 5.82. The average molecular weight is 322 g/mol. The van der Waals surface area contributed by atoms with E-state index in [0.717, 1.165) is 42.1 Å². The summed E-state index contributed by atoms with van der Waals surface area (Å²) in [6.07, 6.45) is 10.4. The van der Waals surface area contributed by atoms with Gasteiger partial charge in [0.25, 0.3) is 0 Å². The Balaban J connectivity index is 1.57.